The van der Waals surface area contributed by atoms with Gasteiger partial charge in [0.15, 0.2) is 0 Å². The summed E-state index contributed by atoms with van der Waals surface area (Å²) in [6, 6.07) is 15.0. The molecular weight excluding hydrogens is 342 g/mol. The topological polar surface area (TPSA) is 66.8 Å². The molecule has 1 heterocycles. The lowest BCUT2D eigenvalue weighted by Gasteiger charge is -2.19. The average Bonchev–Trinajstić information content (AvgIpc) is 3.10. The highest BCUT2D eigenvalue weighted by Gasteiger charge is 2.36. The Kier molecular flexibility index (Phi) is 5.72. The maximum absolute atomic E-state index is 12.1. The summed E-state index contributed by atoms with van der Waals surface area (Å²) >= 11 is 0. The molecule has 0 aliphatic carbocycles. The zero-order valence-corrected chi connectivity index (χ0v) is 15.3. The molecule has 5 heteroatoms. The van der Waals surface area contributed by atoms with Gasteiger partial charge in [-0.1, -0.05) is 48.5 Å². The lowest BCUT2D eigenvalue weighted by atomic mass is 9.94. The molecule has 140 valence electrons. The molecule has 0 unspecified atom stereocenters. The van der Waals surface area contributed by atoms with E-state index in [4.69, 9.17) is 4.74 Å². The monoisotopic (exact) mass is 365 g/mol. The Morgan fingerprint density at radius 3 is 2.70 bits per heavy atom. The van der Waals surface area contributed by atoms with Gasteiger partial charge < -0.3 is 14.7 Å². The first-order valence-electron chi connectivity index (χ1n) is 8.89. The number of hydrogen-bond acceptors (Lipinski definition) is 3. The van der Waals surface area contributed by atoms with E-state index in [-0.39, 0.29) is 23.5 Å². The van der Waals surface area contributed by atoms with Gasteiger partial charge in [-0.25, -0.2) is 4.79 Å². The van der Waals surface area contributed by atoms with Crippen LogP contribution in [0.3, 0.4) is 0 Å². The van der Waals surface area contributed by atoms with Crippen molar-refractivity contribution in [3.63, 3.8) is 0 Å². The van der Waals surface area contributed by atoms with E-state index in [2.05, 4.69) is 12.6 Å². The number of aromatic carboxylic acids is 1. The number of amides is 1. The molecular formula is C22H23NO4. The molecule has 2 aromatic carbocycles. The normalized spacial score (nSPS) is 19.1. The van der Waals surface area contributed by atoms with Crippen molar-refractivity contribution < 1.29 is 19.4 Å². The van der Waals surface area contributed by atoms with Crippen molar-refractivity contribution in [3.05, 3.63) is 83.4 Å². The molecule has 2 aromatic rings. The van der Waals surface area contributed by atoms with Crippen molar-refractivity contribution in [2.75, 3.05) is 13.1 Å². The van der Waals surface area contributed by atoms with Gasteiger partial charge in [0.1, 0.15) is 0 Å². The van der Waals surface area contributed by atoms with Crippen LogP contribution in [0.15, 0.2) is 61.2 Å². The molecule has 0 aromatic heterocycles. The number of nitrogens with zero attached hydrogens (tertiary/aromatic N) is 1. The molecule has 5 nitrogen and oxygen atoms in total. The van der Waals surface area contributed by atoms with Crippen molar-refractivity contribution in [2.24, 2.45) is 0 Å². The Morgan fingerprint density at radius 1 is 1.22 bits per heavy atom. The fourth-order valence-corrected chi connectivity index (χ4v) is 3.48. The van der Waals surface area contributed by atoms with Gasteiger partial charge in [0, 0.05) is 19.0 Å². The smallest absolute Gasteiger partial charge is 0.335 e. The fourth-order valence-electron chi connectivity index (χ4n) is 3.48. The number of rotatable bonds is 6. The van der Waals surface area contributed by atoms with Crippen molar-refractivity contribution >= 4 is 11.9 Å². The Bertz CT molecular complexity index is 861. The molecule has 1 aliphatic heterocycles. The molecule has 2 atom stereocenters. The van der Waals surface area contributed by atoms with Crippen LogP contribution in [-0.4, -0.2) is 41.1 Å². The van der Waals surface area contributed by atoms with Crippen LogP contribution in [0.25, 0.3) is 0 Å². The van der Waals surface area contributed by atoms with Gasteiger partial charge in [-0.2, -0.15) is 0 Å². The Morgan fingerprint density at radius 2 is 2.00 bits per heavy atom. The summed E-state index contributed by atoms with van der Waals surface area (Å²) in [5, 5.41) is 9.27. The van der Waals surface area contributed by atoms with E-state index < -0.39 is 5.97 Å². The van der Waals surface area contributed by atoms with Crippen molar-refractivity contribution in [3.8, 4) is 0 Å². The maximum atomic E-state index is 12.1. The van der Waals surface area contributed by atoms with E-state index in [0.717, 1.165) is 16.7 Å². The third kappa shape index (κ3) is 4.44. The summed E-state index contributed by atoms with van der Waals surface area (Å²) < 4.78 is 6.16. The predicted octanol–water partition coefficient (Wildman–Crippen LogP) is 3.39. The third-order valence-corrected chi connectivity index (χ3v) is 4.86. The second-order valence-corrected chi connectivity index (χ2v) is 6.82. The number of benzene rings is 2. The van der Waals surface area contributed by atoms with E-state index >= 15 is 0 Å². The van der Waals surface area contributed by atoms with E-state index in [9.17, 15) is 14.7 Å². The standard InChI is InChI=1S/C22H23NO4/c1-3-21(24)23-12-19(17-8-5-9-18(11-17)22(25)26)20(13-23)27-14-16-7-4-6-15(2)10-16/h3-11,19-20H,1,12-14H2,2H3,(H,25,26)/t19-,20+/m0/s1. The van der Waals surface area contributed by atoms with Crippen LogP contribution in [0.5, 0.6) is 0 Å². The quantitative estimate of drug-likeness (QED) is 0.797. The van der Waals surface area contributed by atoms with Crippen LogP contribution in [0.1, 0.15) is 33.0 Å². The van der Waals surface area contributed by atoms with Gasteiger partial charge in [-0.3, -0.25) is 4.79 Å². The number of ether oxygens (including phenoxy) is 1. The molecule has 1 fully saturated rings. The highest BCUT2D eigenvalue weighted by molar-refractivity contribution is 5.88. The lowest BCUT2D eigenvalue weighted by molar-refractivity contribution is -0.125. The second-order valence-electron chi connectivity index (χ2n) is 6.82. The lowest BCUT2D eigenvalue weighted by Crippen LogP contribution is -2.28. The number of carboxylic acids is 1. The minimum Gasteiger partial charge on any atom is -0.478 e. The summed E-state index contributed by atoms with van der Waals surface area (Å²) in [6.07, 6.45) is 1.09. The predicted molar refractivity (Wildman–Crippen MR) is 103 cm³/mol. The van der Waals surface area contributed by atoms with Crippen LogP contribution < -0.4 is 0 Å². The zero-order chi connectivity index (χ0) is 19.4. The van der Waals surface area contributed by atoms with Crippen LogP contribution in [0.4, 0.5) is 0 Å². The van der Waals surface area contributed by atoms with E-state index in [1.54, 1.807) is 23.1 Å². The van der Waals surface area contributed by atoms with Crippen LogP contribution in [0.2, 0.25) is 0 Å². The highest BCUT2D eigenvalue weighted by atomic mass is 16.5. The second kappa shape index (κ2) is 8.18. The van der Waals surface area contributed by atoms with Gasteiger partial charge >= 0.3 is 5.97 Å². The minimum atomic E-state index is -0.967. The molecule has 1 amide bonds. The van der Waals surface area contributed by atoms with Gasteiger partial charge in [-0.15, -0.1) is 0 Å². The first-order valence-corrected chi connectivity index (χ1v) is 8.89. The van der Waals surface area contributed by atoms with Gasteiger partial charge in [0.05, 0.1) is 18.3 Å². The first-order chi connectivity index (χ1) is 13.0. The summed E-state index contributed by atoms with van der Waals surface area (Å²) in [6.45, 7) is 6.97. The fraction of sp³-hybridized carbons (Fsp3) is 0.273. The SMILES string of the molecule is C=CC(=O)N1C[C@@H](OCc2cccc(C)c2)[C@H](c2cccc(C(=O)O)c2)C1. The van der Waals surface area contributed by atoms with E-state index in [1.165, 1.54) is 6.08 Å². The number of carbonyl (C=O) groups is 2. The first kappa shape index (κ1) is 18.9. The van der Waals surface area contributed by atoms with E-state index in [1.807, 2.05) is 31.2 Å². The zero-order valence-electron chi connectivity index (χ0n) is 15.3. The van der Waals surface area contributed by atoms with Gasteiger partial charge in [0.2, 0.25) is 5.91 Å². The maximum Gasteiger partial charge on any atom is 0.335 e. The number of hydrogen-bond donors (Lipinski definition) is 1. The largest absolute Gasteiger partial charge is 0.478 e. The summed E-state index contributed by atoms with van der Waals surface area (Å²) in [7, 11) is 0. The number of likely N-dealkylation sites (tertiary alicyclic amines) is 1. The number of carbonyl (C=O) groups excluding carboxylic acids is 1. The molecule has 0 radical (unpaired) electrons. The van der Waals surface area contributed by atoms with Crippen molar-refractivity contribution in [1.82, 2.24) is 4.90 Å². The molecule has 27 heavy (non-hydrogen) atoms. The molecule has 0 bridgehead atoms. The molecule has 3 rings (SSSR count). The van der Waals surface area contributed by atoms with Crippen LogP contribution in [0, 0.1) is 6.92 Å². The summed E-state index contributed by atoms with van der Waals surface area (Å²) in [4.78, 5) is 25.1. The van der Waals surface area contributed by atoms with Crippen LogP contribution >= 0.6 is 0 Å². The molecule has 0 spiro atoms. The summed E-state index contributed by atoms with van der Waals surface area (Å²) in [5.74, 6) is -1.19. The van der Waals surface area contributed by atoms with Crippen molar-refractivity contribution in [1.29, 1.82) is 0 Å². The minimum absolute atomic E-state index is 0.0852. The van der Waals surface area contributed by atoms with Crippen molar-refractivity contribution in [2.45, 2.75) is 25.6 Å². The summed E-state index contributed by atoms with van der Waals surface area (Å²) in [5.41, 5.74) is 3.33. The average molecular weight is 365 g/mol. The number of carboxylic acid groups (broad SMARTS) is 1. The Balaban J connectivity index is 1.81. The van der Waals surface area contributed by atoms with Crippen LogP contribution in [-0.2, 0) is 16.1 Å². The molecule has 0 saturated carbocycles. The highest BCUT2D eigenvalue weighted by Crippen LogP contribution is 2.31. The van der Waals surface area contributed by atoms with Gasteiger partial charge in [-0.05, 0) is 36.3 Å². The number of aryl methyl sites for hydroxylation is 1. The molecule has 1 aliphatic rings. The molecule has 1 saturated heterocycles. The molecule has 1 N–H and O–H groups in total. The Labute approximate surface area is 158 Å². The third-order valence-electron chi connectivity index (χ3n) is 4.86. The Hall–Kier alpha value is -2.92. The van der Waals surface area contributed by atoms with E-state index in [0.29, 0.717) is 19.7 Å². The van der Waals surface area contributed by atoms with Gasteiger partial charge in [0.25, 0.3) is 0 Å².